The molecule has 0 saturated heterocycles. The molecule has 1 N–H and O–H groups in total. The van der Waals surface area contributed by atoms with Crippen molar-refractivity contribution in [2.45, 2.75) is 43.0 Å². The van der Waals surface area contributed by atoms with Gasteiger partial charge in [-0.3, -0.25) is 4.79 Å². The largest absolute Gasteiger partial charge is 0.319 e. The second-order valence-electron chi connectivity index (χ2n) is 6.92. The number of rotatable bonds is 5. The van der Waals surface area contributed by atoms with Crippen LogP contribution in [0.5, 0.6) is 0 Å². The van der Waals surface area contributed by atoms with Gasteiger partial charge in [0.2, 0.25) is 10.0 Å². The molecule has 1 fully saturated rings. The minimum absolute atomic E-state index is 0.0203. The summed E-state index contributed by atoms with van der Waals surface area (Å²) in [5, 5.41) is 2.48. The summed E-state index contributed by atoms with van der Waals surface area (Å²) >= 11 is 3.16. The molecule has 1 aliphatic rings. The molecule has 0 unspecified atom stereocenters. The van der Waals surface area contributed by atoms with Gasteiger partial charge in [0.1, 0.15) is 5.82 Å². The van der Waals surface area contributed by atoms with Crippen molar-refractivity contribution in [3.63, 3.8) is 0 Å². The lowest BCUT2D eigenvalue weighted by molar-refractivity contribution is 0.102. The smallest absolute Gasteiger partial charge is 0.255 e. The molecule has 150 valence electrons. The van der Waals surface area contributed by atoms with Gasteiger partial charge in [0.15, 0.2) is 0 Å². The van der Waals surface area contributed by atoms with Crippen molar-refractivity contribution in [2.24, 2.45) is 0 Å². The molecule has 2 aromatic rings. The molecule has 0 radical (unpaired) electrons. The van der Waals surface area contributed by atoms with E-state index in [0.717, 1.165) is 32.1 Å². The Balaban J connectivity index is 1.81. The predicted molar refractivity (Wildman–Crippen MR) is 110 cm³/mol. The van der Waals surface area contributed by atoms with Crippen molar-refractivity contribution in [1.82, 2.24) is 4.31 Å². The summed E-state index contributed by atoms with van der Waals surface area (Å²) in [6.45, 7) is 0. The number of anilines is 1. The highest BCUT2D eigenvalue weighted by atomic mass is 79.9. The summed E-state index contributed by atoms with van der Waals surface area (Å²) in [7, 11) is -2.12. The third-order valence-electron chi connectivity index (χ3n) is 5.04. The van der Waals surface area contributed by atoms with Crippen LogP contribution in [0.2, 0.25) is 0 Å². The van der Waals surface area contributed by atoms with Crippen molar-refractivity contribution in [1.29, 1.82) is 0 Å². The predicted octanol–water partition coefficient (Wildman–Crippen LogP) is 4.79. The van der Waals surface area contributed by atoms with Crippen molar-refractivity contribution >= 4 is 37.5 Å². The fourth-order valence-corrected chi connectivity index (χ4v) is 5.19. The van der Waals surface area contributed by atoms with E-state index in [0.29, 0.717) is 4.47 Å². The SMILES string of the molecule is CN(C1CCCCC1)S(=O)(=O)c1cccc(C(=O)Nc2ccc(Br)cc2F)c1. The average Bonchev–Trinajstić information content (AvgIpc) is 2.70. The van der Waals surface area contributed by atoms with Gasteiger partial charge in [-0.2, -0.15) is 4.31 Å². The molecule has 8 heteroatoms. The Morgan fingerprint density at radius 1 is 1.14 bits per heavy atom. The van der Waals surface area contributed by atoms with Gasteiger partial charge in [-0.25, -0.2) is 12.8 Å². The summed E-state index contributed by atoms with van der Waals surface area (Å²) in [6, 6.07) is 10.1. The quantitative estimate of drug-likeness (QED) is 0.685. The maximum atomic E-state index is 14.0. The van der Waals surface area contributed by atoms with Crippen molar-refractivity contribution < 1.29 is 17.6 Å². The van der Waals surface area contributed by atoms with Gasteiger partial charge in [0, 0.05) is 23.1 Å². The van der Waals surface area contributed by atoms with E-state index < -0.39 is 21.7 Å². The van der Waals surface area contributed by atoms with Crippen LogP contribution in [0.15, 0.2) is 51.8 Å². The molecule has 3 rings (SSSR count). The normalized spacial score (nSPS) is 15.6. The molecule has 1 aliphatic carbocycles. The molecular formula is C20H22BrFN2O3S. The van der Waals surface area contributed by atoms with E-state index in [-0.39, 0.29) is 22.2 Å². The molecule has 0 heterocycles. The van der Waals surface area contributed by atoms with E-state index in [1.54, 1.807) is 13.1 Å². The van der Waals surface area contributed by atoms with E-state index in [1.165, 1.54) is 40.7 Å². The summed E-state index contributed by atoms with van der Waals surface area (Å²) in [4.78, 5) is 12.6. The number of halogens is 2. The molecular weight excluding hydrogens is 447 g/mol. The summed E-state index contributed by atoms with van der Waals surface area (Å²) < 4.78 is 41.9. The lowest BCUT2D eigenvalue weighted by atomic mass is 9.96. The van der Waals surface area contributed by atoms with Crippen LogP contribution in [0, 0.1) is 5.82 Å². The first-order valence-corrected chi connectivity index (χ1v) is 11.4. The van der Waals surface area contributed by atoms with Gasteiger partial charge in [0.05, 0.1) is 10.6 Å². The Bertz CT molecular complexity index is 975. The minimum atomic E-state index is -3.71. The zero-order chi connectivity index (χ0) is 20.3. The van der Waals surface area contributed by atoms with E-state index >= 15 is 0 Å². The molecule has 0 bridgehead atoms. The van der Waals surface area contributed by atoms with Crippen LogP contribution in [0.4, 0.5) is 10.1 Å². The van der Waals surface area contributed by atoms with Gasteiger partial charge in [-0.05, 0) is 49.2 Å². The first-order valence-electron chi connectivity index (χ1n) is 9.13. The van der Waals surface area contributed by atoms with Gasteiger partial charge < -0.3 is 5.32 Å². The first kappa shape index (κ1) is 21.0. The molecule has 28 heavy (non-hydrogen) atoms. The molecule has 0 atom stereocenters. The Kier molecular flexibility index (Phi) is 6.52. The van der Waals surface area contributed by atoms with E-state index in [9.17, 15) is 17.6 Å². The highest BCUT2D eigenvalue weighted by molar-refractivity contribution is 9.10. The number of carbonyl (C=O) groups excluding carboxylic acids is 1. The molecule has 0 aromatic heterocycles. The summed E-state index contributed by atoms with van der Waals surface area (Å²) in [5.74, 6) is -1.15. The molecule has 2 aromatic carbocycles. The van der Waals surface area contributed by atoms with Crippen LogP contribution >= 0.6 is 15.9 Å². The number of amides is 1. The van der Waals surface area contributed by atoms with Gasteiger partial charge in [-0.15, -0.1) is 0 Å². The number of nitrogens with zero attached hydrogens (tertiary/aromatic N) is 1. The topological polar surface area (TPSA) is 66.5 Å². The van der Waals surface area contributed by atoms with Crippen molar-refractivity contribution in [3.05, 3.63) is 58.3 Å². The third-order valence-corrected chi connectivity index (χ3v) is 7.44. The van der Waals surface area contributed by atoms with Crippen molar-refractivity contribution in [3.8, 4) is 0 Å². The van der Waals surface area contributed by atoms with Crippen LogP contribution in [-0.4, -0.2) is 31.7 Å². The fraction of sp³-hybridized carbons (Fsp3) is 0.350. The van der Waals surface area contributed by atoms with E-state index in [2.05, 4.69) is 21.2 Å². The van der Waals surface area contributed by atoms with Gasteiger partial charge >= 0.3 is 0 Å². The van der Waals surface area contributed by atoms with Crippen LogP contribution in [-0.2, 0) is 10.0 Å². The van der Waals surface area contributed by atoms with Crippen LogP contribution in [0.1, 0.15) is 42.5 Å². The molecule has 1 saturated carbocycles. The zero-order valence-corrected chi connectivity index (χ0v) is 17.9. The molecule has 1 amide bonds. The Morgan fingerprint density at radius 2 is 1.86 bits per heavy atom. The Labute approximate surface area is 173 Å². The van der Waals surface area contributed by atoms with Crippen LogP contribution in [0.3, 0.4) is 0 Å². The molecule has 0 aliphatic heterocycles. The number of hydrogen-bond acceptors (Lipinski definition) is 3. The maximum Gasteiger partial charge on any atom is 0.255 e. The number of benzene rings is 2. The van der Waals surface area contributed by atoms with Crippen molar-refractivity contribution in [2.75, 3.05) is 12.4 Å². The first-order chi connectivity index (χ1) is 13.3. The van der Waals surface area contributed by atoms with E-state index in [4.69, 9.17) is 0 Å². The second kappa shape index (κ2) is 8.71. The van der Waals surface area contributed by atoms with Crippen LogP contribution in [0.25, 0.3) is 0 Å². The number of nitrogens with one attached hydrogen (secondary N) is 1. The zero-order valence-electron chi connectivity index (χ0n) is 15.5. The third kappa shape index (κ3) is 4.61. The molecule has 0 spiro atoms. The number of sulfonamides is 1. The van der Waals surface area contributed by atoms with Gasteiger partial charge in [-0.1, -0.05) is 41.3 Å². The fourth-order valence-electron chi connectivity index (χ4n) is 3.39. The van der Waals surface area contributed by atoms with Gasteiger partial charge in [0.25, 0.3) is 5.91 Å². The highest BCUT2D eigenvalue weighted by Crippen LogP contribution is 2.27. The lowest BCUT2D eigenvalue weighted by Gasteiger charge is -2.30. The number of hydrogen-bond donors (Lipinski definition) is 1. The second-order valence-corrected chi connectivity index (χ2v) is 9.83. The summed E-state index contributed by atoms with van der Waals surface area (Å²) in [6.07, 6.45) is 4.86. The minimum Gasteiger partial charge on any atom is -0.319 e. The maximum absolute atomic E-state index is 14.0. The van der Waals surface area contributed by atoms with E-state index in [1.807, 2.05) is 0 Å². The standard InChI is InChI=1S/C20H22BrFN2O3S/c1-24(16-7-3-2-4-8-16)28(26,27)17-9-5-6-14(12-17)20(25)23-19-11-10-15(21)13-18(19)22/h5-6,9-13,16H,2-4,7-8H2,1H3,(H,23,25). The number of carbonyl (C=O) groups is 1. The average molecular weight is 469 g/mol. The van der Waals surface area contributed by atoms with Crippen LogP contribution < -0.4 is 5.32 Å². The monoisotopic (exact) mass is 468 g/mol. The Hall–Kier alpha value is -1.77. The highest BCUT2D eigenvalue weighted by Gasteiger charge is 2.29. The lowest BCUT2D eigenvalue weighted by Crippen LogP contribution is -2.38. The Morgan fingerprint density at radius 3 is 2.54 bits per heavy atom. The summed E-state index contributed by atoms with van der Waals surface area (Å²) in [5.41, 5.74) is 0.182. The molecule has 5 nitrogen and oxygen atoms in total.